The van der Waals surface area contributed by atoms with Gasteiger partial charge < -0.3 is 10.0 Å². The van der Waals surface area contributed by atoms with Gasteiger partial charge in [-0.25, -0.2) is 0 Å². The third kappa shape index (κ3) is 3.58. The second-order valence-corrected chi connectivity index (χ2v) is 7.27. The monoisotopic (exact) mass is 395 g/mol. The van der Waals surface area contributed by atoms with E-state index in [0.29, 0.717) is 16.5 Å². The van der Waals surface area contributed by atoms with Crippen molar-refractivity contribution in [2.45, 2.75) is 18.5 Å². The Labute approximate surface area is 151 Å². The first kappa shape index (κ1) is 18.3. The van der Waals surface area contributed by atoms with Crippen LogP contribution in [0.3, 0.4) is 0 Å². The van der Waals surface area contributed by atoms with Gasteiger partial charge in [-0.2, -0.15) is 13.2 Å². The Hall–Kier alpha value is -1.47. The zero-order valence-electron chi connectivity index (χ0n) is 12.8. The maximum Gasteiger partial charge on any atom is 0.394 e. The van der Waals surface area contributed by atoms with E-state index < -0.39 is 48.9 Å². The number of halogens is 5. The third-order valence-corrected chi connectivity index (χ3v) is 5.59. The van der Waals surface area contributed by atoms with Crippen molar-refractivity contribution >= 4 is 35.1 Å². The van der Waals surface area contributed by atoms with Crippen molar-refractivity contribution in [3.05, 3.63) is 33.8 Å². The molecule has 2 fully saturated rings. The zero-order valence-corrected chi connectivity index (χ0v) is 14.3. The number of hydrogen-bond donors (Lipinski definition) is 1. The molecular weight excluding hydrogens is 382 g/mol. The van der Waals surface area contributed by atoms with Crippen LogP contribution in [0.4, 0.5) is 13.2 Å². The maximum atomic E-state index is 13.0. The van der Waals surface area contributed by atoms with E-state index in [1.54, 1.807) is 18.2 Å². The SMILES string of the molecule is O=C(O)[C@@H]1CN(C(=O)C2CC2c2ccc(Cl)c(Cl)c2)C[C@H]1C(F)(F)F. The maximum absolute atomic E-state index is 13.0. The van der Waals surface area contributed by atoms with E-state index >= 15 is 0 Å². The summed E-state index contributed by atoms with van der Waals surface area (Å²) < 4.78 is 39.1. The predicted molar refractivity (Wildman–Crippen MR) is 84.6 cm³/mol. The standard InChI is InChI=1S/C16H14Cl2F3NO3/c17-12-2-1-7(3-13(12)18)8-4-9(8)14(23)22-5-10(15(24)25)11(6-22)16(19,20)21/h1-3,8-11H,4-6H2,(H,24,25)/t8?,9?,10-,11-/m1/s1. The highest BCUT2D eigenvalue weighted by Gasteiger charge is 2.56. The largest absolute Gasteiger partial charge is 0.481 e. The lowest BCUT2D eigenvalue weighted by Gasteiger charge is -2.18. The van der Waals surface area contributed by atoms with Gasteiger partial charge in [0.15, 0.2) is 0 Å². The van der Waals surface area contributed by atoms with Crippen LogP contribution in [0.25, 0.3) is 0 Å². The van der Waals surface area contributed by atoms with Gasteiger partial charge in [-0.1, -0.05) is 29.3 Å². The van der Waals surface area contributed by atoms with E-state index in [9.17, 15) is 22.8 Å². The quantitative estimate of drug-likeness (QED) is 0.846. The minimum absolute atomic E-state index is 0.129. The average Bonchev–Trinajstić information content (AvgIpc) is 3.16. The van der Waals surface area contributed by atoms with Gasteiger partial charge in [-0.15, -0.1) is 0 Å². The third-order valence-electron chi connectivity index (χ3n) is 4.85. The highest BCUT2D eigenvalue weighted by atomic mass is 35.5. The highest BCUT2D eigenvalue weighted by molar-refractivity contribution is 6.42. The van der Waals surface area contributed by atoms with E-state index in [-0.39, 0.29) is 5.92 Å². The molecule has 136 valence electrons. The molecule has 4 nitrogen and oxygen atoms in total. The fourth-order valence-corrected chi connectivity index (χ4v) is 3.69. The van der Waals surface area contributed by atoms with Crippen LogP contribution in [0.5, 0.6) is 0 Å². The molecule has 25 heavy (non-hydrogen) atoms. The van der Waals surface area contributed by atoms with Gasteiger partial charge in [-0.05, 0) is 30.0 Å². The Morgan fingerprint density at radius 1 is 1.12 bits per heavy atom. The van der Waals surface area contributed by atoms with E-state index in [1.807, 2.05) is 0 Å². The molecule has 1 saturated carbocycles. The van der Waals surface area contributed by atoms with Crippen molar-refractivity contribution in [1.82, 2.24) is 4.90 Å². The number of aliphatic carboxylic acids is 1. The van der Waals surface area contributed by atoms with Crippen LogP contribution in [0.1, 0.15) is 17.9 Å². The summed E-state index contributed by atoms with van der Waals surface area (Å²) in [5, 5.41) is 9.75. The molecule has 0 spiro atoms. The van der Waals surface area contributed by atoms with Crippen molar-refractivity contribution in [3.63, 3.8) is 0 Å². The van der Waals surface area contributed by atoms with Crippen LogP contribution < -0.4 is 0 Å². The molecule has 0 aromatic heterocycles. The smallest absolute Gasteiger partial charge is 0.394 e. The molecule has 0 radical (unpaired) electrons. The van der Waals surface area contributed by atoms with Crippen LogP contribution in [-0.4, -0.2) is 41.1 Å². The van der Waals surface area contributed by atoms with Crippen molar-refractivity contribution in [1.29, 1.82) is 0 Å². The van der Waals surface area contributed by atoms with Crippen molar-refractivity contribution in [2.75, 3.05) is 13.1 Å². The van der Waals surface area contributed by atoms with Crippen LogP contribution in [0.2, 0.25) is 10.0 Å². The molecule has 1 saturated heterocycles. The topological polar surface area (TPSA) is 57.6 Å². The second kappa shape index (κ2) is 6.36. The van der Waals surface area contributed by atoms with Gasteiger partial charge in [0, 0.05) is 19.0 Å². The first-order valence-electron chi connectivity index (χ1n) is 7.63. The van der Waals surface area contributed by atoms with Crippen molar-refractivity contribution in [3.8, 4) is 0 Å². The van der Waals surface area contributed by atoms with Gasteiger partial charge in [0.1, 0.15) is 0 Å². The minimum atomic E-state index is -4.65. The van der Waals surface area contributed by atoms with Crippen LogP contribution in [-0.2, 0) is 9.59 Å². The number of carbonyl (C=O) groups excluding carboxylic acids is 1. The molecule has 1 heterocycles. The molecule has 9 heteroatoms. The number of carbonyl (C=O) groups is 2. The first-order valence-corrected chi connectivity index (χ1v) is 8.38. The predicted octanol–water partition coefficient (Wildman–Crippen LogP) is 3.82. The molecule has 2 aliphatic rings. The Kier molecular flexibility index (Phi) is 4.66. The Balaban J connectivity index is 1.70. The summed E-state index contributed by atoms with van der Waals surface area (Å²) in [5.74, 6) is -6.19. The number of carboxylic acid groups (broad SMARTS) is 1. The lowest BCUT2D eigenvalue weighted by atomic mass is 9.96. The summed E-state index contributed by atoms with van der Waals surface area (Å²) in [5.41, 5.74) is 0.800. The van der Waals surface area contributed by atoms with Crippen LogP contribution in [0.15, 0.2) is 18.2 Å². The lowest BCUT2D eigenvalue weighted by Crippen LogP contribution is -2.34. The second-order valence-electron chi connectivity index (χ2n) is 6.46. The van der Waals surface area contributed by atoms with Gasteiger partial charge in [-0.3, -0.25) is 9.59 Å². The first-order chi connectivity index (χ1) is 11.6. The van der Waals surface area contributed by atoms with E-state index in [1.165, 1.54) is 0 Å². The highest BCUT2D eigenvalue weighted by Crippen LogP contribution is 2.50. The number of alkyl halides is 3. The number of amides is 1. The molecule has 4 atom stereocenters. The molecule has 0 bridgehead atoms. The summed E-state index contributed by atoms with van der Waals surface area (Å²) in [6, 6.07) is 4.98. The molecule has 1 amide bonds. The summed E-state index contributed by atoms with van der Waals surface area (Å²) in [6.07, 6.45) is -4.15. The normalized spacial score (nSPS) is 28.9. The number of hydrogen-bond acceptors (Lipinski definition) is 2. The molecule has 1 N–H and O–H groups in total. The van der Waals surface area contributed by atoms with Crippen molar-refractivity contribution in [2.24, 2.45) is 17.8 Å². The molecule has 1 aromatic carbocycles. The van der Waals surface area contributed by atoms with Gasteiger partial charge >= 0.3 is 12.1 Å². The van der Waals surface area contributed by atoms with Crippen LogP contribution >= 0.6 is 23.2 Å². The Bertz CT molecular complexity index is 725. The summed E-state index contributed by atoms with van der Waals surface area (Å²) in [7, 11) is 0. The summed E-state index contributed by atoms with van der Waals surface area (Å²) in [4.78, 5) is 24.6. The number of nitrogens with zero attached hydrogens (tertiary/aromatic N) is 1. The molecule has 1 aromatic rings. The molecule has 2 unspecified atom stereocenters. The lowest BCUT2D eigenvalue weighted by molar-refractivity contribution is -0.188. The molecule has 3 rings (SSSR count). The van der Waals surface area contributed by atoms with E-state index in [2.05, 4.69) is 0 Å². The van der Waals surface area contributed by atoms with Crippen molar-refractivity contribution < 1.29 is 27.9 Å². The van der Waals surface area contributed by atoms with E-state index in [4.69, 9.17) is 28.3 Å². The number of likely N-dealkylation sites (tertiary alicyclic amines) is 1. The molecular formula is C16H14Cl2F3NO3. The summed E-state index contributed by atoms with van der Waals surface area (Å²) >= 11 is 11.8. The van der Waals surface area contributed by atoms with Gasteiger partial charge in [0.25, 0.3) is 0 Å². The number of carboxylic acids is 1. The minimum Gasteiger partial charge on any atom is -0.481 e. The Morgan fingerprint density at radius 2 is 1.80 bits per heavy atom. The van der Waals surface area contributed by atoms with Gasteiger partial charge in [0.2, 0.25) is 5.91 Å². The number of benzene rings is 1. The fraction of sp³-hybridized carbons (Fsp3) is 0.500. The summed E-state index contributed by atoms with van der Waals surface area (Å²) in [6.45, 7) is -1.02. The molecule has 1 aliphatic carbocycles. The zero-order chi connectivity index (χ0) is 18.5. The fourth-order valence-electron chi connectivity index (χ4n) is 3.38. The van der Waals surface area contributed by atoms with E-state index in [0.717, 1.165) is 10.5 Å². The van der Waals surface area contributed by atoms with Gasteiger partial charge in [0.05, 0.1) is 21.9 Å². The molecule has 1 aliphatic heterocycles. The van der Waals surface area contributed by atoms with Crippen LogP contribution in [0, 0.1) is 17.8 Å². The number of rotatable bonds is 3. The average molecular weight is 396 g/mol. The Morgan fingerprint density at radius 3 is 2.32 bits per heavy atom.